The third-order valence-electron chi connectivity index (χ3n) is 3.51. The first kappa shape index (κ1) is 14.7. The molecule has 0 atom stereocenters. The number of alkyl halides is 3. The Morgan fingerprint density at radius 3 is 2.40 bits per heavy atom. The highest BCUT2D eigenvalue weighted by molar-refractivity contribution is 5.73. The molecule has 0 radical (unpaired) electrons. The van der Waals surface area contributed by atoms with Crippen molar-refractivity contribution in [2.45, 2.75) is 38.8 Å². The average molecular weight is 287 g/mol. The molecule has 0 saturated carbocycles. The van der Waals surface area contributed by atoms with Gasteiger partial charge in [0.15, 0.2) is 0 Å². The monoisotopic (exact) mass is 287 g/mol. The van der Waals surface area contributed by atoms with Crippen molar-refractivity contribution in [1.29, 1.82) is 0 Å². The SMILES string of the molecule is CC(=O)N1CCC(c2cc(C(F)(F)F)nc(C)n2)CC1. The van der Waals surface area contributed by atoms with E-state index >= 15 is 0 Å². The van der Waals surface area contributed by atoms with Crippen molar-refractivity contribution < 1.29 is 18.0 Å². The van der Waals surface area contributed by atoms with E-state index < -0.39 is 11.9 Å². The summed E-state index contributed by atoms with van der Waals surface area (Å²) in [6, 6.07) is 1.03. The average Bonchev–Trinajstić information content (AvgIpc) is 2.37. The smallest absolute Gasteiger partial charge is 0.343 e. The molecule has 1 aromatic rings. The molecule has 1 aliphatic heterocycles. The predicted octanol–water partition coefficient (Wildman–Crippen LogP) is 2.53. The highest BCUT2D eigenvalue weighted by Crippen LogP contribution is 2.32. The van der Waals surface area contributed by atoms with Crippen LogP contribution >= 0.6 is 0 Å². The number of amides is 1. The summed E-state index contributed by atoms with van der Waals surface area (Å²) in [7, 11) is 0. The lowest BCUT2D eigenvalue weighted by atomic mass is 9.93. The highest BCUT2D eigenvalue weighted by Gasteiger charge is 2.34. The Morgan fingerprint density at radius 2 is 1.90 bits per heavy atom. The molecule has 2 heterocycles. The van der Waals surface area contributed by atoms with E-state index in [4.69, 9.17) is 0 Å². The zero-order valence-corrected chi connectivity index (χ0v) is 11.4. The third-order valence-corrected chi connectivity index (χ3v) is 3.51. The molecule has 110 valence electrons. The van der Waals surface area contributed by atoms with E-state index in [1.807, 2.05) is 0 Å². The van der Waals surface area contributed by atoms with Crippen molar-refractivity contribution >= 4 is 5.91 Å². The highest BCUT2D eigenvalue weighted by atomic mass is 19.4. The molecule has 0 spiro atoms. The molecule has 1 aliphatic rings. The summed E-state index contributed by atoms with van der Waals surface area (Å²) in [5, 5.41) is 0. The van der Waals surface area contributed by atoms with Gasteiger partial charge in [0.25, 0.3) is 0 Å². The van der Waals surface area contributed by atoms with E-state index in [1.165, 1.54) is 13.8 Å². The number of rotatable bonds is 1. The lowest BCUT2D eigenvalue weighted by Crippen LogP contribution is -2.36. The molecule has 0 aliphatic carbocycles. The van der Waals surface area contributed by atoms with Crippen LogP contribution in [-0.4, -0.2) is 33.9 Å². The van der Waals surface area contributed by atoms with Gasteiger partial charge in [0.1, 0.15) is 11.5 Å². The quantitative estimate of drug-likeness (QED) is 0.797. The first-order valence-electron chi connectivity index (χ1n) is 6.45. The summed E-state index contributed by atoms with van der Waals surface area (Å²) in [6.45, 7) is 4.08. The van der Waals surface area contributed by atoms with Gasteiger partial charge in [-0.25, -0.2) is 9.97 Å². The van der Waals surface area contributed by atoms with Crippen LogP contribution in [0.5, 0.6) is 0 Å². The molecule has 20 heavy (non-hydrogen) atoms. The normalized spacial score (nSPS) is 17.4. The number of aryl methyl sites for hydroxylation is 1. The van der Waals surface area contributed by atoms with Crippen LogP contribution in [0.1, 0.15) is 42.9 Å². The van der Waals surface area contributed by atoms with Crippen LogP contribution in [0.25, 0.3) is 0 Å². The molecule has 0 unspecified atom stereocenters. The van der Waals surface area contributed by atoms with Crippen molar-refractivity contribution in [3.63, 3.8) is 0 Å². The Morgan fingerprint density at radius 1 is 1.30 bits per heavy atom. The molecule has 0 aromatic carbocycles. The number of likely N-dealkylation sites (tertiary alicyclic amines) is 1. The van der Waals surface area contributed by atoms with E-state index in [-0.39, 0.29) is 17.6 Å². The number of hydrogen-bond donors (Lipinski definition) is 0. The lowest BCUT2D eigenvalue weighted by Gasteiger charge is -2.31. The summed E-state index contributed by atoms with van der Waals surface area (Å²) in [5.74, 6) is 0.0792. The van der Waals surface area contributed by atoms with Gasteiger partial charge in [-0.3, -0.25) is 4.79 Å². The summed E-state index contributed by atoms with van der Waals surface area (Å²) in [5.41, 5.74) is -0.470. The molecule has 0 N–H and O–H groups in total. The summed E-state index contributed by atoms with van der Waals surface area (Å²) < 4.78 is 38.2. The van der Waals surface area contributed by atoms with Crippen LogP contribution in [0.2, 0.25) is 0 Å². The Kier molecular flexibility index (Phi) is 3.96. The fraction of sp³-hybridized carbons (Fsp3) is 0.615. The van der Waals surface area contributed by atoms with E-state index in [0.717, 1.165) is 6.07 Å². The van der Waals surface area contributed by atoms with Gasteiger partial charge in [-0.1, -0.05) is 0 Å². The minimum atomic E-state index is -4.46. The van der Waals surface area contributed by atoms with Crippen molar-refractivity contribution in [3.8, 4) is 0 Å². The molecule has 4 nitrogen and oxygen atoms in total. The molecule has 1 saturated heterocycles. The van der Waals surface area contributed by atoms with Gasteiger partial charge in [0.2, 0.25) is 5.91 Å². The maximum absolute atomic E-state index is 12.7. The Hall–Kier alpha value is -1.66. The first-order chi connectivity index (χ1) is 9.27. The van der Waals surface area contributed by atoms with Crippen LogP contribution in [0.3, 0.4) is 0 Å². The largest absolute Gasteiger partial charge is 0.433 e. The topological polar surface area (TPSA) is 46.1 Å². The predicted molar refractivity (Wildman–Crippen MR) is 66.0 cm³/mol. The molecular weight excluding hydrogens is 271 g/mol. The van der Waals surface area contributed by atoms with Crippen LogP contribution in [-0.2, 0) is 11.0 Å². The van der Waals surface area contributed by atoms with Gasteiger partial charge in [0.05, 0.1) is 0 Å². The van der Waals surface area contributed by atoms with Gasteiger partial charge >= 0.3 is 6.18 Å². The van der Waals surface area contributed by atoms with Crippen molar-refractivity contribution in [1.82, 2.24) is 14.9 Å². The van der Waals surface area contributed by atoms with Crippen LogP contribution in [0, 0.1) is 6.92 Å². The standard InChI is InChI=1S/C13H16F3N3O/c1-8-17-11(7-12(18-8)13(14,15)16)10-3-5-19(6-4-10)9(2)20/h7,10H,3-6H2,1-2H3. The van der Waals surface area contributed by atoms with Crippen LogP contribution < -0.4 is 0 Å². The van der Waals surface area contributed by atoms with Crippen LogP contribution in [0.4, 0.5) is 13.2 Å². The fourth-order valence-electron chi connectivity index (χ4n) is 2.44. The van der Waals surface area contributed by atoms with Gasteiger partial charge in [0, 0.05) is 31.6 Å². The molecular formula is C13H16F3N3O. The summed E-state index contributed by atoms with van der Waals surface area (Å²) in [4.78, 5) is 20.5. The van der Waals surface area contributed by atoms with Crippen molar-refractivity contribution in [3.05, 3.63) is 23.3 Å². The minimum Gasteiger partial charge on any atom is -0.343 e. The number of aromatic nitrogens is 2. The molecule has 1 fully saturated rings. The minimum absolute atomic E-state index is 0.00158. The number of halogens is 3. The first-order valence-corrected chi connectivity index (χ1v) is 6.45. The van der Waals surface area contributed by atoms with Gasteiger partial charge in [-0.15, -0.1) is 0 Å². The van der Waals surface area contributed by atoms with Gasteiger partial charge in [-0.2, -0.15) is 13.2 Å². The number of carbonyl (C=O) groups excluding carboxylic acids is 1. The Bertz CT molecular complexity index is 508. The Labute approximate surface area is 115 Å². The summed E-state index contributed by atoms with van der Waals surface area (Å²) >= 11 is 0. The number of hydrogen-bond acceptors (Lipinski definition) is 3. The number of piperidine rings is 1. The molecule has 7 heteroatoms. The maximum atomic E-state index is 12.7. The third kappa shape index (κ3) is 3.26. The second-order valence-electron chi connectivity index (χ2n) is 5.00. The Balaban J connectivity index is 2.18. The molecule has 0 bridgehead atoms. The van der Waals surface area contributed by atoms with E-state index in [2.05, 4.69) is 9.97 Å². The maximum Gasteiger partial charge on any atom is 0.433 e. The van der Waals surface area contributed by atoms with Crippen molar-refractivity contribution in [2.75, 3.05) is 13.1 Å². The van der Waals surface area contributed by atoms with E-state index in [0.29, 0.717) is 31.6 Å². The van der Waals surface area contributed by atoms with E-state index in [9.17, 15) is 18.0 Å². The van der Waals surface area contributed by atoms with Crippen LogP contribution in [0.15, 0.2) is 6.07 Å². The fourth-order valence-corrected chi connectivity index (χ4v) is 2.44. The van der Waals surface area contributed by atoms with Gasteiger partial charge < -0.3 is 4.90 Å². The number of carbonyl (C=O) groups is 1. The second kappa shape index (κ2) is 5.38. The second-order valence-corrected chi connectivity index (χ2v) is 5.00. The molecule has 1 amide bonds. The van der Waals surface area contributed by atoms with Gasteiger partial charge in [-0.05, 0) is 25.8 Å². The summed E-state index contributed by atoms with van der Waals surface area (Å²) in [6.07, 6.45) is -3.19. The van der Waals surface area contributed by atoms with E-state index in [1.54, 1.807) is 4.90 Å². The zero-order chi connectivity index (χ0) is 14.9. The lowest BCUT2D eigenvalue weighted by molar-refractivity contribution is -0.141. The molecule has 2 rings (SSSR count). The zero-order valence-electron chi connectivity index (χ0n) is 11.4. The molecule has 1 aromatic heterocycles. The number of nitrogens with zero attached hydrogens (tertiary/aromatic N) is 3. The van der Waals surface area contributed by atoms with Crippen molar-refractivity contribution in [2.24, 2.45) is 0 Å².